The summed E-state index contributed by atoms with van der Waals surface area (Å²) in [5.41, 5.74) is 0.537. The van der Waals surface area contributed by atoms with Crippen molar-refractivity contribution >= 4 is 23.2 Å². The van der Waals surface area contributed by atoms with E-state index in [2.05, 4.69) is 5.32 Å². The fourth-order valence-electron chi connectivity index (χ4n) is 2.28. The Hall–Kier alpha value is -1.33. The van der Waals surface area contributed by atoms with Crippen LogP contribution in [0.3, 0.4) is 0 Å². The van der Waals surface area contributed by atoms with Gasteiger partial charge in [0.1, 0.15) is 5.82 Å². The molecule has 110 valence electrons. The van der Waals surface area contributed by atoms with E-state index in [0.29, 0.717) is 18.8 Å². The molecule has 4 nitrogen and oxygen atoms in total. The number of halogens is 2. The van der Waals surface area contributed by atoms with Crippen LogP contribution >= 0.6 is 11.6 Å². The highest BCUT2D eigenvalue weighted by Gasteiger charge is 2.25. The van der Waals surface area contributed by atoms with E-state index in [9.17, 15) is 9.18 Å². The van der Waals surface area contributed by atoms with Crippen LogP contribution in [0.25, 0.3) is 0 Å². The molecule has 2 atom stereocenters. The second kappa shape index (κ2) is 6.41. The largest absolute Gasteiger partial charge is 0.376 e. The van der Waals surface area contributed by atoms with Gasteiger partial charge in [-0.3, -0.25) is 4.79 Å². The molecule has 1 N–H and O–H groups in total. The van der Waals surface area contributed by atoms with Crippen molar-refractivity contribution in [3.63, 3.8) is 0 Å². The molecule has 6 heteroatoms. The molecule has 1 amide bonds. The van der Waals surface area contributed by atoms with Gasteiger partial charge in [-0.1, -0.05) is 11.6 Å². The molecule has 1 fully saturated rings. The lowest BCUT2D eigenvalue weighted by atomic mass is 10.2. The predicted octanol–water partition coefficient (Wildman–Crippen LogP) is 2.53. The number of amides is 1. The number of hydrogen-bond acceptors (Lipinski definition) is 3. The van der Waals surface area contributed by atoms with Gasteiger partial charge in [0, 0.05) is 18.8 Å². The number of benzene rings is 1. The summed E-state index contributed by atoms with van der Waals surface area (Å²) in [6, 6.07) is 4.38. The summed E-state index contributed by atoms with van der Waals surface area (Å²) < 4.78 is 18.9. The number of hydrogen-bond donors (Lipinski definition) is 1. The topological polar surface area (TPSA) is 41.6 Å². The van der Waals surface area contributed by atoms with E-state index in [1.807, 2.05) is 13.8 Å². The molecule has 0 spiro atoms. The van der Waals surface area contributed by atoms with Gasteiger partial charge in [0.2, 0.25) is 5.91 Å². The van der Waals surface area contributed by atoms with Gasteiger partial charge < -0.3 is 15.0 Å². The summed E-state index contributed by atoms with van der Waals surface area (Å²) in [4.78, 5) is 13.9. The maximum atomic E-state index is 13.3. The SMILES string of the molecule is CC1CN(C(=O)CNc2ccc(Cl)c(F)c2)CC(C)O1. The molecule has 2 rings (SSSR count). The maximum absolute atomic E-state index is 13.3. The normalized spacial score (nSPS) is 22.7. The Morgan fingerprint density at radius 3 is 2.70 bits per heavy atom. The number of nitrogens with zero attached hydrogens (tertiary/aromatic N) is 1. The highest BCUT2D eigenvalue weighted by molar-refractivity contribution is 6.30. The molecule has 0 radical (unpaired) electrons. The summed E-state index contributed by atoms with van der Waals surface area (Å²) in [5, 5.41) is 2.98. The average molecular weight is 301 g/mol. The molecule has 1 saturated heterocycles. The Bertz CT molecular complexity index is 488. The molecule has 0 saturated carbocycles. The molecule has 1 aromatic carbocycles. The highest BCUT2D eigenvalue weighted by atomic mass is 35.5. The van der Waals surface area contributed by atoms with E-state index in [1.54, 1.807) is 11.0 Å². The lowest BCUT2D eigenvalue weighted by molar-refractivity contribution is -0.141. The minimum Gasteiger partial charge on any atom is -0.376 e. The van der Waals surface area contributed by atoms with Gasteiger partial charge in [-0.05, 0) is 32.0 Å². The Kier molecular flexibility index (Phi) is 4.83. The van der Waals surface area contributed by atoms with E-state index in [4.69, 9.17) is 16.3 Å². The van der Waals surface area contributed by atoms with Crippen LogP contribution in [0, 0.1) is 5.82 Å². The second-order valence-corrected chi connectivity index (χ2v) is 5.45. The standard InChI is InChI=1S/C14H18ClFN2O2/c1-9-7-18(8-10(2)20-9)14(19)6-17-11-3-4-12(15)13(16)5-11/h3-5,9-10,17H,6-8H2,1-2H3. The van der Waals surface area contributed by atoms with Crippen LogP contribution < -0.4 is 5.32 Å². The monoisotopic (exact) mass is 300 g/mol. The number of carbonyl (C=O) groups excluding carboxylic acids is 1. The third kappa shape index (κ3) is 3.84. The first-order valence-corrected chi connectivity index (χ1v) is 6.95. The minimum atomic E-state index is -0.502. The van der Waals surface area contributed by atoms with Crippen molar-refractivity contribution in [2.24, 2.45) is 0 Å². The first-order valence-electron chi connectivity index (χ1n) is 6.58. The number of carbonyl (C=O) groups is 1. The van der Waals surface area contributed by atoms with Crippen molar-refractivity contribution in [3.05, 3.63) is 29.0 Å². The molecule has 1 aliphatic heterocycles. The fraction of sp³-hybridized carbons (Fsp3) is 0.500. The van der Waals surface area contributed by atoms with Crippen molar-refractivity contribution in [1.29, 1.82) is 0 Å². The van der Waals surface area contributed by atoms with E-state index >= 15 is 0 Å². The van der Waals surface area contributed by atoms with Crippen molar-refractivity contribution < 1.29 is 13.9 Å². The van der Waals surface area contributed by atoms with E-state index in [1.165, 1.54) is 12.1 Å². The second-order valence-electron chi connectivity index (χ2n) is 5.04. The third-order valence-corrected chi connectivity index (χ3v) is 3.44. The molecule has 0 bridgehead atoms. The summed E-state index contributed by atoms with van der Waals surface area (Å²) in [7, 11) is 0. The van der Waals surface area contributed by atoms with E-state index < -0.39 is 5.82 Å². The summed E-state index contributed by atoms with van der Waals surface area (Å²) in [6.07, 6.45) is 0.0753. The number of morpholine rings is 1. The zero-order chi connectivity index (χ0) is 14.7. The van der Waals surface area contributed by atoms with E-state index in [0.717, 1.165) is 0 Å². The highest BCUT2D eigenvalue weighted by Crippen LogP contribution is 2.18. The molecule has 1 heterocycles. The summed E-state index contributed by atoms with van der Waals surface area (Å²) in [6.45, 7) is 5.18. The lowest BCUT2D eigenvalue weighted by Crippen LogP contribution is -2.49. The van der Waals surface area contributed by atoms with Gasteiger partial charge in [0.15, 0.2) is 0 Å². The van der Waals surface area contributed by atoms with Gasteiger partial charge >= 0.3 is 0 Å². The first-order chi connectivity index (χ1) is 9.45. The molecular weight excluding hydrogens is 283 g/mol. The molecule has 20 heavy (non-hydrogen) atoms. The van der Waals surface area contributed by atoms with Crippen LogP contribution in [-0.4, -0.2) is 42.6 Å². The average Bonchev–Trinajstić information content (AvgIpc) is 2.38. The van der Waals surface area contributed by atoms with Gasteiger partial charge in [0.25, 0.3) is 0 Å². The van der Waals surface area contributed by atoms with Crippen molar-refractivity contribution in [3.8, 4) is 0 Å². The number of nitrogens with one attached hydrogen (secondary N) is 1. The van der Waals surface area contributed by atoms with Gasteiger partial charge in [0.05, 0.1) is 23.8 Å². The molecule has 0 aromatic heterocycles. The third-order valence-electron chi connectivity index (χ3n) is 3.14. The first kappa shape index (κ1) is 15.1. The van der Waals surface area contributed by atoms with Gasteiger partial charge in [-0.2, -0.15) is 0 Å². The van der Waals surface area contributed by atoms with Crippen LogP contribution in [0.5, 0.6) is 0 Å². The zero-order valence-corrected chi connectivity index (χ0v) is 12.3. The minimum absolute atomic E-state index is 0.0256. The molecule has 0 aliphatic carbocycles. The predicted molar refractivity (Wildman–Crippen MR) is 76.5 cm³/mol. The van der Waals surface area contributed by atoms with E-state index in [-0.39, 0.29) is 29.7 Å². The van der Waals surface area contributed by atoms with Crippen LogP contribution in [0.2, 0.25) is 5.02 Å². The zero-order valence-electron chi connectivity index (χ0n) is 11.5. The quantitative estimate of drug-likeness (QED) is 0.932. The lowest BCUT2D eigenvalue weighted by Gasteiger charge is -2.35. The Morgan fingerprint density at radius 1 is 1.45 bits per heavy atom. The van der Waals surface area contributed by atoms with Crippen molar-refractivity contribution in [1.82, 2.24) is 4.90 Å². The van der Waals surface area contributed by atoms with Crippen LogP contribution in [0.4, 0.5) is 10.1 Å². The van der Waals surface area contributed by atoms with Crippen molar-refractivity contribution in [2.75, 3.05) is 25.0 Å². The molecule has 2 unspecified atom stereocenters. The number of anilines is 1. The molecular formula is C14H18ClFN2O2. The molecule has 1 aromatic rings. The Balaban J connectivity index is 1.89. The summed E-state index contributed by atoms with van der Waals surface area (Å²) >= 11 is 5.61. The van der Waals surface area contributed by atoms with Gasteiger partial charge in [-0.15, -0.1) is 0 Å². The van der Waals surface area contributed by atoms with Crippen LogP contribution in [0.15, 0.2) is 18.2 Å². The van der Waals surface area contributed by atoms with Crippen molar-refractivity contribution in [2.45, 2.75) is 26.1 Å². The smallest absolute Gasteiger partial charge is 0.242 e. The van der Waals surface area contributed by atoms with Crippen LogP contribution in [0.1, 0.15) is 13.8 Å². The van der Waals surface area contributed by atoms with Crippen LogP contribution in [-0.2, 0) is 9.53 Å². The Morgan fingerprint density at radius 2 is 2.10 bits per heavy atom. The Labute approximate surface area is 122 Å². The molecule has 1 aliphatic rings. The maximum Gasteiger partial charge on any atom is 0.242 e. The number of rotatable bonds is 3. The fourth-order valence-corrected chi connectivity index (χ4v) is 2.39. The van der Waals surface area contributed by atoms with Gasteiger partial charge in [-0.25, -0.2) is 4.39 Å². The number of ether oxygens (including phenoxy) is 1. The summed E-state index contributed by atoms with van der Waals surface area (Å²) in [5.74, 6) is -0.528.